The fourth-order valence-corrected chi connectivity index (χ4v) is 4.30. The quantitative estimate of drug-likeness (QED) is 0.904. The van der Waals surface area contributed by atoms with E-state index in [2.05, 4.69) is 9.97 Å². The largest absolute Gasteiger partial charge is 0.345 e. The number of carbonyl (C=O) groups is 1. The minimum Gasteiger partial charge on any atom is -0.345 e. The van der Waals surface area contributed by atoms with E-state index < -0.39 is 10.0 Å². The number of sulfonamides is 1. The van der Waals surface area contributed by atoms with Crippen LogP contribution in [0.15, 0.2) is 24.5 Å². The molecule has 0 aliphatic carbocycles. The minimum atomic E-state index is -3.19. The topological polar surface area (TPSA) is 86.4 Å². The van der Waals surface area contributed by atoms with Crippen LogP contribution in [-0.2, 0) is 10.0 Å². The summed E-state index contributed by atoms with van der Waals surface area (Å²) in [6.07, 6.45) is 2.20. The average molecular weight is 336 g/mol. The van der Waals surface area contributed by atoms with Gasteiger partial charge in [-0.2, -0.15) is 4.31 Å². The van der Waals surface area contributed by atoms with Crippen molar-refractivity contribution in [2.75, 3.05) is 31.9 Å². The van der Waals surface area contributed by atoms with Gasteiger partial charge in [-0.1, -0.05) is 6.92 Å². The van der Waals surface area contributed by atoms with Crippen LogP contribution >= 0.6 is 0 Å². The Labute approximate surface area is 135 Å². The molecule has 1 amide bonds. The summed E-state index contributed by atoms with van der Waals surface area (Å²) in [4.78, 5) is 21.4. The molecule has 1 aromatic carbocycles. The maximum Gasteiger partial charge on any atom is 0.254 e. The van der Waals surface area contributed by atoms with Crippen molar-refractivity contribution in [3.05, 3.63) is 30.1 Å². The molecule has 23 heavy (non-hydrogen) atoms. The van der Waals surface area contributed by atoms with Crippen LogP contribution in [0.5, 0.6) is 0 Å². The zero-order valence-corrected chi connectivity index (χ0v) is 13.8. The molecule has 2 heterocycles. The van der Waals surface area contributed by atoms with Crippen LogP contribution in [0.4, 0.5) is 0 Å². The van der Waals surface area contributed by atoms with Crippen LogP contribution in [0.2, 0.25) is 0 Å². The van der Waals surface area contributed by atoms with E-state index in [4.69, 9.17) is 0 Å². The van der Waals surface area contributed by atoms with E-state index in [-0.39, 0.29) is 11.7 Å². The Morgan fingerprint density at radius 1 is 1.26 bits per heavy atom. The monoisotopic (exact) mass is 336 g/mol. The number of hydrogen-bond acceptors (Lipinski definition) is 4. The SMILES string of the molecule is CCCS(=O)(=O)N1CCN(C(=O)c2ccc3nc[nH]c3c2)CC1. The molecule has 0 unspecified atom stereocenters. The molecule has 0 saturated carbocycles. The van der Waals surface area contributed by atoms with Crippen molar-refractivity contribution in [3.8, 4) is 0 Å². The molecule has 124 valence electrons. The summed E-state index contributed by atoms with van der Waals surface area (Å²) in [6, 6.07) is 5.34. The summed E-state index contributed by atoms with van der Waals surface area (Å²) in [7, 11) is -3.19. The standard InChI is InChI=1S/C15H20N4O3S/c1-2-9-23(21,22)19-7-5-18(6-8-19)15(20)12-3-4-13-14(10-12)17-11-16-13/h3-4,10-11H,2,5-9H2,1H3,(H,16,17). The highest BCUT2D eigenvalue weighted by molar-refractivity contribution is 7.89. The Hall–Kier alpha value is -1.93. The lowest BCUT2D eigenvalue weighted by Gasteiger charge is -2.34. The van der Waals surface area contributed by atoms with Gasteiger partial charge in [0, 0.05) is 31.7 Å². The Morgan fingerprint density at radius 3 is 2.70 bits per heavy atom. The number of carbonyl (C=O) groups excluding carboxylic acids is 1. The molecule has 3 rings (SSSR count). The number of imidazole rings is 1. The van der Waals surface area contributed by atoms with E-state index in [1.165, 1.54) is 4.31 Å². The van der Waals surface area contributed by atoms with Gasteiger partial charge in [0.15, 0.2) is 0 Å². The highest BCUT2D eigenvalue weighted by Crippen LogP contribution is 2.16. The first-order valence-electron chi connectivity index (χ1n) is 7.71. The fourth-order valence-electron chi connectivity index (χ4n) is 2.81. The number of benzene rings is 1. The summed E-state index contributed by atoms with van der Waals surface area (Å²) >= 11 is 0. The molecular formula is C15H20N4O3S. The molecule has 1 N–H and O–H groups in total. The number of hydrogen-bond donors (Lipinski definition) is 1. The number of amides is 1. The lowest BCUT2D eigenvalue weighted by atomic mass is 10.1. The molecule has 0 atom stereocenters. The number of aromatic nitrogens is 2. The summed E-state index contributed by atoms with van der Waals surface area (Å²) in [5.41, 5.74) is 2.23. The third kappa shape index (κ3) is 3.23. The molecule has 1 saturated heterocycles. The number of aromatic amines is 1. The van der Waals surface area contributed by atoms with Crippen molar-refractivity contribution in [2.24, 2.45) is 0 Å². The van der Waals surface area contributed by atoms with Crippen LogP contribution in [0.1, 0.15) is 23.7 Å². The van der Waals surface area contributed by atoms with Gasteiger partial charge in [-0.15, -0.1) is 0 Å². The number of H-pyrrole nitrogens is 1. The predicted molar refractivity (Wildman–Crippen MR) is 87.6 cm³/mol. The normalized spacial score (nSPS) is 16.8. The minimum absolute atomic E-state index is 0.0750. The van der Waals surface area contributed by atoms with E-state index in [1.54, 1.807) is 29.4 Å². The van der Waals surface area contributed by atoms with Gasteiger partial charge in [0.05, 0.1) is 23.1 Å². The highest BCUT2D eigenvalue weighted by atomic mass is 32.2. The third-order valence-electron chi connectivity index (χ3n) is 4.05. The first kappa shape index (κ1) is 15.9. The van der Waals surface area contributed by atoms with Crippen LogP contribution in [0.3, 0.4) is 0 Å². The Kier molecular flexibility index (Phi) is 4.36. The van der Waals surface area contributed by atoms with E-state index in [0.29, 0.717) is 38.2 Å². The number of fused-ring (bicyclic) bond motifs is 1. The number of piperazine rings is 1. The molecule has 7 nitrogen and oxygen atoms in total. The van der Waals surface area contributed by atoms with Crippen LogP contribution < -0.4 is 0 Å². The summed E-state index contributed by atoms with van der Waals surface area (Å²) in [6.45, 7) is 3.41. The van der Waals surface area contributed by atoms with Gasteiger partial charge in [0.25, 0.3) is 5.91 Å². The Bertz CT molecular complexity index is 807. The van der Waals surface area contributed by atoms with Gasteiger partial charge in [-0.25, -0.2) is 13.4 Å². The number of nitrogens with zero attached hydrogens (tertiary/aromatic N) is 3. The van der Waals surface area contributed by atoms with Gasteiger partial charge in [-0.05, 0) is 24.6 Å². The van der Waals surface area contributed by atoms with Crippen molar-refractivity contribution in [1.29, 1.82) is 0 Å². The number of rotatable bonds is 4. The second-order valence-corrected chi connectivity index (χ2v) is 7.73. The maximum absolute atomic E-state index is 12.6. The van der Waals surface area contributed by atoms with Gasteiger partial charge in [-0.3, -0.25) is 4.79 Å². The molecule has 0 spiro atoms. The lowest BCUT2D eigenvalue weighted by molar-refractivity contribution is 0.0698. The molecule has 2 aromatic rings. The first-order valence-corrected chi connectivity index (χ1v) is 9.32. The molecule has 1 aliphatic rings. The van der Waals surface area contributed by atoms with Gasteiger partial charge in [0.1, 0.15) is 0 Å². The zero-order chi connectivity index (χ0) is 16.4. The van der Waals surface area contributed by atoms with Crippen LogP contribution in [0.25, 0.3) is 11.0 Å². The second kappa shape index (κ2) is 6.29. The van der Waals surface area contributed by atoms with Gasteiger partial charge in [0.2, 0.25) is 10.0 Å². The smallest absolute Gasteiger partial charge is 0.254 e. The van der Waals surface area contributed by atoms with Crippen molar-refractivity contribution in [1.82, 2.24) is 19.2 Å². The molecule has 1 aliphatic heterocycles. The fraction of sp³-hybridized carbons (Fsp3) is 0.467. The van der Waals surface area contributed by atoms with E-state index in [0.717, 1.165) is 11.0 Å². The molecule has 1 aromatic heterocycles. The van der Waals surface area contributed by atoms with Crippen molar-refractivity contribution in [2.45, 2.75) is 13.3 Å². The van der Waals surface area contributed by atoms with Crippen molar-refractivity contribution >= 4 is 27.0 Å². The lowest BCUT2D eigenvalue weighted by Crippen LogP contribution is -2.51. The molecule has 0 radical (unpaired) electrons. The molecular weight excluding hydrogens is 316 g/mol. The molecule has 1 fully saturated rings. The predicted octanol–water partition coefficient (Wildman–Crippen LogP) is 1.06. The highest BCUT2D eigenvalue weighted by Gasteiger charge is 2.28. The Morgan fingerprint density at radius 2 is 2.00 bits per heavy atom. The third-order valence-corrected chi connectivity index (χ3v) is 6.12. The summed E-state index contributed by atoms with van der Waals surface area (Å²) < 4.78 is 25.6. The zero-order valence-electron chi connectivity index (χ0n) is 13.0. The van der Waals surface area contributed by atoms with Gasteiger partial charge >= 0.3 is 0 Å². The molecule has 0 bridgehead atoms. The average Bonchev–Trinajstić information content (AvgIpc) is 3.02. The van der Waals surface area contributed by atoms with Crippen LogP contribution in [-0.4, -0.2) is 65.4 Å². The van der Waals surface area contributed by atoms with Crippen molar-refractivity contribution in [3.63, 3.8) is 0 Å². The summed E-state index contributed by atoms with van der Waals surface area (Å²) in [5, 5.41) is 0. The molecule has 8 heteroatoms. The van der Waals surface area contributed by atoms with Crippen LogP contribution in [0, 0.1) is 0 Å². The van der Waals surface area contributed by atoms with E-state index >= 15 is 0 Å². The van der Waals surface area contributed by atoms with E-state index in [1.807, 2.05) is 6.92 Å². The van der Waals surface area contributed by atoms with E-state index in [9.17, 15) is 13.2 Å². The summed E-state index contributed by atoms with van der Waals surface area (Å²) in [5.74, 6) is 0.0892. The van der Waals surface area contributed by atoms with Gasteiger partial charge < -0.3 is 9.88 Å². The first-order chi connectivity index (χ1) is 11.0. The van der Waals surface area contributed by atoms with Crippen molar-refractivity contribution < 1.29 is 13.2 Å². The number of nitrogens with one attached hydrogen (secondary N) is 1. The maximum atomic E-state index is 12.6. The second-order valence-electron chi connectivity index (χ2n) is 5.64. The Balaban J connectivity index is 1.68.